The van der Waals surface area contributed by atoms with Gasteiger partial charge in [0.15, 0.2) is 11.5 Å². The van der Waals surface area contributed by atoms with Gasteiger partial charge in [0.05, 0.1) is 26.6 Å². The van der Waals surface area contributed by atoms with Crippen LogP contribution in [0.4, 0.5) is 8.78 Å². The highest BCUT2D eigenvalue weighted by atomic mass is 19.1. The standard InChI is InChI=1S/C29H36F2N4O6/c1-38-17-28(36)35-10-9-34(18-29(37,19-35)20-41-25-14-23(30)13-24(31)15-25)16-22-4-5-26(39-2)27(12-22)40-11-3-7-33-8-6-32-21-33/h4-6,8,12-15,21,37H,3,7,9-11,16-20H2,1-2H3. The predicted octanol–water partition coefficient (Wildman–Crippen LogP) is 2.74. The number of halogens is 2. The first kappa shape index (κ1) is 30.2. The van der Waals surface area contributed by atoms with E-state index >= 15 is 0 Å². The molecule has 41 heavy (non-hydrogen) atoms. The van der Waals surface area contributed by atoms with E-state index in [1.807, 2.05) is 33.9 Å². The number of imidazole rings is 1. The Morgan fingerprint density at radius 1 is 1.05 bits per heavy atom. The summed E-state index contributed by atoms with van der Waals surface area (Å²) in [6.07, 6.45) is 6.17. The number of benzene rings is 2. The third-order valence-electron chi connectivity index (χ3n) is 6.66. The molecule has 2 aromatic carbocycles. The molecular formula is C29H36F2N4O6. The quantitative estimate of drug-likeness (QED) is 0.312. The monoisotopic (exact) mass is 574 g/mol. The zero-order valence-electron chi connectivity index (χ0n) is 23.3. The zero-order chi connectivity index (χ0) is 29.2. The van der Waals surface area contributed by atoms with Crippen LogP contribution in [0.15, 0.2) is 55.1 Å². The molecule has 1 saturated heterocycles. The van der Waals surface area contributed by atoms with Crippen LogP contribution in [0.1, 0.15) is 12.0 Å². The summed E-state index contributed by atoms with van der Waals surface area (Å²) >= 11 is 0. The van der Waals surface area contributed by atoms with Crippen molar-refractivity contribution in [3.63, 3.8) is 0 Å². The van der Waals surface area contributed by atoms with Crippen LogP contribution in [0.3, 0.4) is 0 Å². The molecule has 1 fully saturated rings. The van der Waals surface area contributed by atoms with Gasteiger partial charge in [-0.3, -0.25) is 9.69 Å². The maximum atomic E-state index is 13.7. The number of aryl methyl sites for hydroxylation is 1. The Labute approximate surface area is 238 Å². The van der Waals surface area contributed by atoms with Gasteiger partial charge in [-0.15, -0.1) is 0 Å². The number of β-amino-alcohol motifs (C(OH)–C–C–N with tert-alkyl or cyclic N) is 1. The maximum absolute atomic E-state index is 13.7. The number of ether oxygens (including phenoxy) is 4. The van der Waals surface area contributed by atoms with E-state index in [9.17, 15) is 18.7 Å². The molecular weight excluding hydrogens is 538 g/mol. The third-order valence-corrected chi connectivity index (χ3v) is 6.66. The summed E-state index contributed by atoms with van der Waals surface area (Å²) in [5, 5.41) is 11.6. The minimum atomic E-state index is -1.53. The van der Waals surface area contributed by atoms with E-state index in [1.54, 1.807) is 19.6 Å². The fraction of sp³-hybridized carbons (Fsp3) is 0.448. The van der Waals surface area contributed by atoms with Gasteiger partial charge in [0.2, 0.25) is 5.91 Å². The highest BCUT2D eigenvalue weighted by Crippen LogP contribution is 2.29. The summed E-state index contributed by atoms with van der Waals surface area (Å²) < 4.78 is 51.5. The molecule has 2 heterocycles. The van der Waals surface area contributed by atoms with Gasteiger partial charge in [-0.05, 0) is 24.1 Å². The van der Waals surface area contributed by atoms with Crippen LogP contribution >= 0.6 is 0 Å². The highest BCUT2D eigenvalue weighted by molar-refractivity contribution is 5.77. The van der Waals surface area contributed by atoms with Crippen LogP contribution in [0, 0.1) is 11.6 Å². The first-order chi connectivity index (χ1) is 19.8. The van der Waals surface area contributed by atoms with Crippen molar-refractivity contribution in [1.82, 2.24) is 19.4 Å². The second-order valence-corrected chi connectivity index (χ2v) is 10.1. The molecule has 1 amide bonds. The number of aliphatic hydroxyl groups is 1. The van der Waals surface area contributed by atoms with Gasteiger partial charge >= 0.3 is 0 Å². The molecule has 1 unspecified atom stereocenters. The largest absolute Gasteiger partial charge is 0.493 e. The Kier molecular flexibility index (Phi) is 10.5. The van der Waals surface area contributed by atoms with E-state index in [2.05, 4.69) is 4.98 Å². The lowest BCUT2D eigenvalue weighted by Crippen LogP contribution is -2.52. The summed E-state index contributed by atoms with van der Waals surface area (Å²) in [5.41, 5.74) is -0.607. The Balaban J connectivity index is 1.45. The molecule has 0 aliphatic carbocycles. The van der Waals surface area contributed by atoms with Crippen molar-refractivity contribution < 1.29 is 37.6 Å². The molecule has 12 heteroatoms. The molecule has 222 valence electrons. The van der Waals surface area contributed by atoms with E-state index in [-0.39, 0.29) is 38.0 Å². The minimum Gasteiger partial charge on any atom is -0.493 e. The zero-order valence-corrected chi connectivity index (χ0v) is 23.3. The number of hydrogen-bond acceptors (Lipinski definition) is 8. The second-order valence-electron chi connectivity index (χ2n) is 10.1. The number of hydrogen-bond donors (Lipinski definition) is 1. The predicted molar refractivity (Wildman–Crippen MR) is 146 cm³/mol. The third kappa shape index (κ3) is 8.87. The first-order valence-corrected chi connectivity index (χ1v) is 13.3. The summed E-state index contributed by atoms with van der Waals surface area (Å²) in [6, 6.07) is 8.49. The molecule has 4 rings (SSSR count). The van der Waals surface area contributed by atoms with Crippen molar-refractivity contribution in [3.8, 4) is 17.2 Å². The lowest BCUT2D eigenvalue weighted by molar-refractivity contribution is -0.138. The normalized spacial score (nSPS) is 17.7. The molecule has 1 aromatic heterocycles. The fourth-order valence-corrected chi connectivity index (χ4v) is 4.76. The average Bonchev–Trinajstić information content (AvgIpc) is 3.39. The maximum Gasteiger partial charge on any atom is 0.248 e. The van der Waals surface area contributed by atoms with Gasteiger partial charge in [0.1, 0.15) is 36.2 Å². The van der Waals surface area contributed by atoms with Crippen LogP contribution < -0.4 is 14.2 Å². The summed E-state index contributed by atoms with van der Waals surface area (Å²) in [7, 11) is 3.01. The molecule has 1 aliphatic heterocycles. The average molecular weight is 575 g/mol. The molecule has 1 aliphatic rings. The minimum absolute atomic E-state index is 0.0304. The van der Waals surface area contributed by atoms with Crippen molar-refractivity contribution in [2.24, 2.45) is 0 Å². The SMILES string of the molecule is COCC(=O)N1CCN(Cc2ccc(OC)c(OCCCn3ccnc3)c2)CC(O)(COc2cc(F)cc(F)c2)C1. The van der Waals surface area contributed by atoms with Gasteiger partial charge in [-0.2, -0.15) is 0 Å². The highest BCUT2D eigenvalue weighted by Gasteiger charge is 2.37. The van der Waals surface area contributed by atoms with E-state index in [0.29, 0.717) is 37.7 Å². The number of carbonyl (C=O) groups is 1. The van der Waals surface area contributed by atoms with Crippen LogP contribution in [0.25, 0.3) is 0 Å². The smallest absolute Gasteiger partial charge is 0.248 e. The molecule has 0 saturated carbocycles. The number of carbonyl (C=O) groups excluding carboxylic acids is 1. The Bertz CT molecular complexity index is 1260. The molecule has 3 aromatic rings. The number of methoxy groups -OCH3 is 2. The number of rotatable bonds is 13. The molecule has 0 bridgehead atoms. The van der Waals surface area contributed by atoms with E-state index in [0.717, 1.165) is 36.7 Å². The molecule has 0 radical (unpaired) electrons. The number of aromatic nitrogens is 2. The van der Waals surface area contributed by atoms with Crippen molar-refractivity contribution >= 4 is 5.91 Å². The Hall–Kier alpha value is -3.74. The summed E-state index contributed by atoms with van der Waals surface area (Å²) in [6.45, 7) is 2.23. The van der Waals surface area contributed by atoms with Gasteiger partial charge in [0.25, 0.3) is 0 Å². The Morgan fingerprint density at radius 2 is 1.85 bits per heavy atom. The van der Waals surface area contributed by atoms with Crippen molar-refractivity contribution in [3.05, 3.63) is 72.3 Å². The van der Waals surface area contributed by atoms with E-state index in [4.69, 9.17) is 18.9 Å². The van der Waals surface area contributed by atoms with Crippen LogP contribution in [-0.4, -0.2) is 96.2 Å². The van der Waals surface area contributed by atoms with Crippen molar-refractivity contribution in [2.45, 2.75) is 25.1 Å². The second kappa shape index (κ2) is 14.2. The van der Waals surface area contributed by atoms with Crippen LogP contribution in [-0.2, 0) is 22.6 Å². The molecule has 0 spiro atoms. The summed E-state index contributed by atoms with van der Waals surface area (Å²) in [4.78, 5) is 20.2. The lowest BCUT2D eigenvalue weighted by Gasteiger charge is -2.33. The van der Waals surface area contributed by atoms with Gasteiger partial charge in [-0.25, -0.2) is 13.8 Å². The molecule has 1 atom stereocenters. The van der Waals surface area contributed by atoms with Gasteiger partial charge < -0.3 is 33.5 Å². The van der Waals surface area contributed by atoms with Crippen LogP contribution in [0.2, 0.25) is 0 Å². The first-order valence-electron chi connectivity index (χ1n) is 13.3. The van der Waals surface area contributed by atoms with Crippen LogP contribution in [0.5, 0.6) is 17.2 Å². The van der Waals surface area contributed by atoms with E-state index < -0.39 is 17.2 Å². The summed E-state index contributed by atoms with van der Waals surface area (Å²) in [5.74, 6) is -0.687. The Morgan fingerprint density at radius 3 is 2.56 bits per heavy atom. The van der Waals surface area contributed by atoms with E-state index in [1.165, 1.54) is 12.0 Å². The molecule has 1 N–H and O–H groups in total. The fourth-order valence-electron chi connectivity index (χ4n) is 4.76. The van der Waals surface area contributed by atoms with Crippen molar-refractivity contribution in [1.29, 1.82) is 0 Å². The van der Waals surface area contributed by atoms with Crippen molar-refractivity contribution in [2.75, 3.05) is 60.2 Å². The number of nitrogens with zero attached hydrogens (tertiary/aromatic N) is 4. The van der Waals surface area contributed by atoms with Gasteiger partial charge in [0, 0.05) is 70.4 Å². The topological polar surface area (TPSA) is 98.5 Å². The number of amides is 1. The van der Waals surface area contributed by atoms with Gasteiger partial charge in [-0.1, -0.05) is 6.07 Å². The molecule has 10 nitrogen and oxygen atoms in total. The lowest BCUT2D eigenvalue weighted by atomic mass is 10.0.